The van der Waals surface area contributed by atoms with E-state index in [1.807, 2.05) is 19.1 Å². The summed E-state index contributed by atoms with van der Waals surface area (Å²) < 4.78 is 31.9. The standard InChI is InChI=1S/C17H24N2O4S/c1-2-11-24(21,22)19-9-3-5-13-7-8-14(12-15(13)19)18-17(20)16-6-4-10-23-16/h7-8,12,16H,2-6,9-11H2,1H3,(H,18,20). The topological polar surface area (TPSA) is 75.7 Å². The molecule has 2 aliphatic rings. The van der Waals surface area contributed by atoms with Crippen molar-refractivity contribution in [3.63, 3.8) is 0 Å². The first-order valence-electron chi connectivity index (χ1n) is 8.57. The van der Waals surface area contributed by atoms with E-state index in [9.17, 15) is 13.2 Å². The van der Waals surface area contributed by atoms with Crippen LogP contribution in [0.2, 0.25) is 0 Å². The van der Waals surface area contributed by atoms with Gasteiger partial charge in [-0.1, -0.05) is 13.0 Å². The summed E-state index contributed by atoms with van der Waals surface area (Å²) in [7, 11) is -3.31. The lowest BCUT2D eigenvalue weighted by Gasteiger charge is -2.31. The number of amides is 1. The third-order valence-electron chi connectivity index (χ3n) is 4.45. The van der Waals surface area contributed by atoms with Crippen LogP contribution in [0.25, 0.3) is 0 Å². The molecule has 132 valence electrons. The number of anilines is 2. The maximum absolute atomic E-state index is 12.5. The molecule has 0 aromatic heterocycles. The van der Waals surface area contributed by atoms with E-state index >= 15 is 0 Å². The molecule has 0 aliphatic carbocycles. The maximum Gasteiger partial charge on any atom is 0.253 e. The second-order valence-electron chi connectivity index (χ2n) is 6.33. The Morgan fingerprint density at radius 2 is 2.21 bits per heavy atom. The highest BCUT2D eigenvalue weighted by Gasteiger charge is 2.28. The molecule has 6 nitrogen and oxygen atoms in total. The quantitative estimate of drug-likeness (QED) is 0.882. The van der Waals surface area contributed by atoms with E-state index in [4.69, 9.17) is 4.74 Å². The Labute approximate surface area is 143 Å². The average Bonchev–Trinajstić information content (AvgIpc) is 3.08. The van der Waals surface area contributed by atoms with Gasteiger partial charge in [-0.2, -0.15) is 0 Å². The molecule has 1 unspecified atom stereocenters. The zero-order valence-electron chi connectivity index (χ0n) is 14.0. The first-order chi connectivity index (χ1) is 11.5. The van der Waals surface area contributed by atoms with Crippen molar-refractivity contribution in [3.8, 4) is 0 Å². The minimum absolute atomic E-state index is 0.138. The van der Waals surface area contributed by atoms with Crippen molar-refractivity contribution in [2.75, 3.05) is 28.5 Å². The van der Waals surface area contributed by atoms with Gasteiger partial charge < -0.3 is 10.1 Å². The van der Waals surface area contributed by atoms with E-state index in [0.717, 1.165) is 31.2 Å². The van der Waals surface area contributed by atoms with E-state index in [2.05, 4.69) is 5.32 Å². The van der Waals surface area contributed by atoms with Crippen LogP contribution in [0.15, 0.2) is 18.2 Å². The number of nitrogens with zero attached hydrogens (tertiary/aromatic N) is 1. The van der Waals surface area contributed by atoms with Crippen LogP contribution in [0, 0.1) is 0 Å². The molecule has 0 spiro atoms. The molecule has 0 bridgehead atoms. The summed E-state index contributed by atoms with van der Waals surface area (Å²) in [5, 5.41) is 2.85. The molecule has 0 saturated carbocycles. The smallest absolute Gasteiger partial charge is 0.253 e. The number of hydrogen-bond acceptors (Lipinski definition) is 4. The summed E-state index contributed by atoms with van der Waals surface area (Å²) >= 11 is 0. The fraction of sp³-hybridized carbons (Fsp3) is 0.588. The first kappa shape index (κ1) is 17.2. The Morgan fingerprint density at radius 1 is 1.38 bits per heavy atom. The highest BCUT2D eigenvalue weighted by atomic mass is 32.2. The Bertz CT molecular complexity index is 711. The van der Waals surface area contributed by atoms with Gasteiger partial charge >= 0.3 is 0 Å². The first-order valence-corrected chi connectivity index (χ1v) is 10.2. The molecule has 7 heteroatoms. The van der Waals surface area contributed by atoms with Crippen LogP contribution in [0.3, 0.4) is 0 Å². The van der Waals surface area contributed by atoms with Gasteiger partial charge in [-0.05, 0) is 49.8 Å². The van der Waals surface area contributed by atoms with Crippen LogP contribution in [0.1, 0.15) is 38.2 Å². The zero-order chi connectivity index (χ0) is 17.2. The van der Waals surface area contributed by atoms with E-state index in [0.29, 0.717) is 30.9 Å². The van der Waals surface area contributed by atoms with Crippen molar-refractivity contribution >= 4 is 27.3 Å². The van der Waals surface area contributed by atoms with Gasteiger partial charge in [0.2, 0.25) is 10.0 Å². The number of hydrogen-bond donors (Lipinski definition) is 1. The monoisotopic (exact) mass is 352 g/mol. The molecule has 1 amide bonds. The third-order valence-corrected chi connectivity index (χ3v) is 6.42. The minimum atomic E-state index is -3.31. The van der Waals surface area contributed by atoms with Crippen LogP contribution >= 0.6 is 0 Å². The predicted molar refractivity (Wildman–Crippen MR) is 93.8 cm³/mol. The molecule has 1 atom stereocenters. The maximum atomic E-state index is 12.5. The summed E-state index contributed by atoms with van der Waals surface area (Å²) in [5.74, 6) is -0.0231. The Hall–Kier alpha value is -1.60. The molecule has 1 fully saturated rings. The van der Waals surface area contributed by atoms with Crippen molar-refractivity contribution in [3.05, 3.63) is 23.8 Å². The zero-order valence-corrected chi connectivity index (χ0v) is 14.8. The molecule has 2 heterocycles. The van der Waals surface area contributed by atoms with Gasteiger partial charge in [-0.25, -0.2) is 8.42 Å². The van der Waals surface area contributed by atoms with Gasteiger partial charge in [0.05, 0.1) is 11.4 Å². The molecule has 2 aliphatic heterocycles. The number of carbonyl (C=O) groups excluding carboxylic acids is 1. The summed E-state index contributed by atoms with van der Waals surface area (Å²) in [6, 6.07) is 5.52. The van der Waals surface area contributed by atoms with E-state index < -0.39 is 16.1 Å². The summed E-state index contributed by atoms with van der Waals surface area (Å²) in [6.07, 6.45) is 3.48. The number of rotatable bonds is 5. The highest BCUT2D eigenvalue weighted by molar-refractivity contribution is 7.92. The molecule has 1 N–H and O–H groups in total. The van der Waals surface area contributed by atoms with Crippen molar-refractivity contribution in [2.24, 2.45) is 0 Å². The number of benzene rings is 1. The van der Waals surface area contributed by atoms with Crippen LogP contribution in [0.4, 0.5) is 11.4 Å². The van der Waals surface area contributed by atoms with Gasteiger partial charge in [-0.3, -0.25) is 9.10 Å². The Morgan fingerprint density at radius 3 is 2.92 bits per heavy atom. The number of nitrogens with one attached hydrogen (secondary N) is 1. The van der Waals surface area contributed by atoms with E-state index in [1.165, 1.54) is 4.31 Å². The lowest BCUT2D eigenvalue weighted by atomic mass is 10.0. The molecule has 0 radical (unpaired) electrons. The fourth-order valence-corrected chi connectivity index (χ4v) is 4.90. The molecular formula is C17H24N2O4S. The van der Waals surface area contributed by atoms with Gasteiger partial charge in [-0.15, -0.1) is 0 Å². The molecule has 24 heavy (non-hydrogen) atoms. The third kappa shape index (κ3) is 3.57. The van der Waals surface area contributed by atoms with E-state index in [-0.39, 0.29) is 11.7 Å². The van der Waals surface area contributed by atoms with Gasteiger partial charge in [0.15, 0.2) is 0 Å². The molecule has 1 saturated heterocycles. The molecule has 1 aromatic carbocycles. The lowest BCUT2D eigenvalue weighted by molar-refractivity contribution is -0.124. The van der Waals surface area contributed by atoms with Gasteiger partial charge in [0, 0.05) is 18.8 Å². The lowest BCUT2D eigenvalue weighted by Crippen LogP contribution is -2.37. The molecular weight excluding hydrogens is 328 g/mol. The van der Waals surface area contributed by atoms with Crippen LogP contribution in [-0.2, 0) is 26.0 Å². The fourth-order valence-electron chi connectivity index (χ4n) is 3.28. The van der Waals surface area contributed by atoms with E-state index in [1.54, 1.807) is 6.07 Å². The molecule has 1 aromatic rings. The second kappa shape index (κ2) is 7.11. The number of carbonyl (C=O) groups is 1. The minimum Gasteiger partial charge on any atom is -0.368 e. The van der Waals surface area contributed by atoms with Gasteiger partial charge in [0.1, 0.15) is 6.10 Å². The van der Waals surface area contributed by atoms with Crippen LogP contribution < -0.4 is 9.62 Å². The summed E-state index contributed by atoms with van der Waals surface area (Å²) in [5.41, 5.74) is 2.32. The number of sulfonamides is 1. The number of fused-ring (bicyclic) bond motifs is 1. The van der Waals surface area contributed by atoms with Crippen LogP contribution in [0.5, 0.6) is 0 Å². The molecule has 3 rings (SSSR count). The number of aryl methyl sites for hydroxylation is 1. The van der Waals surface area contributed by atoms with Crippen molar-refractivity contribution < 1.29 is 17.9 Å². The Balaban J connectivity index is 1.83. The van der Waals surface area contributed by atoms with Crippen LogP contribution in [-0.4, -0.2) is 39.3 Å². The Kier molecular flexibility index (Phi) is 5.10. The second-order valence-corrected chi connectivity index (χ2v) is 8.34. The van der Waals surface area contributed by atoms with Gasteiger partial charge in [0.25, 0.3) is 5.91 Å². The highest BCUT2D eigenvalue weighted by Crippen LogP contribution is 2.32. The SMILES string of the molecule is CCCS(=O)(=O)N1CCCc2ccc(NC(=O)C3CCCO3)cc21. The number of ether oxygens (including phenoxy) is 1. The average molecular weight is 352 g/mol. The van der Waals surface area contributed by atoms with Crippen molar-refractivity contribution in [1.82, 2.24) is 0 Å². The largest absolute Gasteiger partial charge is 0.368 e. The van der Waals surface area contributed by atoms with Crippen molar-refractivity contribution in [2.45, 2.75) is 45.1 Å². The normalized spacial score (nSPS) is 20.7. The summed E-state index contributed by atoms with van der Waals surface area (Å²) in [4.78, 5) is 12.2. The van der Waals surface area contributed by atoms with Crippen molar-refractivity contribution in [1.29, 1.82) is 0 Å². The predicted octanol–water partition coefficient (Wildman–Crippen LogP) is 2.30. The summed E-state index contributed by atoms with van der Waals surface area (Å²) in [6.45, 7) is 2.98.